The van der Waals surface area contributed by atoms with E-state index in [1.54, 1.807) is 24.3 Å². The van der Waals surface area contributed by atoms with Gasteiger partial charge in [0.1, 0.15) is 0 Å². The number of halogens is 1. The highest BCUT2D eigenvalue weighted by atomic mass is 35.5. The predicted octanol–water partition coefficient (Wildman–Crippen LogP) is 1.77. The van der Waals surface area contributed by atoms with E-state index in [4.69, 9.17) is 10.8 Å². The van der Waals surface area contributed by atoms with Crippen molar-refractivity contribution in [2.45, 2.75) is 38.1 Å². The molecule has 1 aromatic carbocycles. The molecule has 0 atom stereocenters. The number of carboxylic acid groups (broad SMARTS) is 1. The van der Waals surface area contributed by atoms with E-state index in [9.17, 15) is 14.4 Å². The van der Waals surface area contributed by atoms with Gasteiger partial charge in [-0.3, -0.25) is 14.4 Å². The third kappa shape index (κ3) is 6.72. The first-order chi connectivity index (χ1) is 11.5. The van der Waals surface area contributed by atoms with E-state index in [0.717, 1.165) is 25.7 Å². The lowest BCUT2D eigenvalue weighted by Gasteiger charge is -2.25. The third-order valence-corrected chi connectivity index (χ3v) is 4.16. The Morgan fingerprint density at radius 3 is 2.48 bits per heavy atom. The summed E-state index contributed by atoms with van der Waals surface area (Å²) in [5.41, 5.74) is 6.78. The lowest BCUT2D eigenvalue weighted by Crippen LogP contribution is -2.32. The van der Waals surface area contributed by atoms with Gasteiger partial charge >= 0.3 is 5.97 Å². The van der Waals surface area contributed by atoms with E-state index in [-0.39, 0.29) is 49.1 Å². The average molecular weight is 370 g/mol. The molecule has 0 saturated heterocycles. The van der Waals surface area contributed by atoms with Crippen LogP contribution >= 0.6 is 12.4 Å². The molecule has 0 aromatic heterocycles. The zero-order chi connectivity index (χ0) is 17.5. The average Bonchev–Trinajstić information content (AvgIpc) is 2.55. The summed E-state index contributed by atoms with van der Waals surface area (Å²) in [6, 6.07) is 6.79. The first-order valence-electron chi connectivity index (χ1n) is 8.12. The predicted molar refractivity (Wildman–Crippen MR) is 96.8 cm³/mol. The molecule has 1 aliphatic carbocycles. The van der Waals surface area contributed by atoms with Gasteiger partial charge < -0.3 is 21.5 Å². The van der Waals surface area contributed by atoms with Gasteiger partial charge in [-0.25, -0.2) is 0 Å². The van der Waals surface area contributed by atoms with Gasteiger partial charge in [0.2, 0.25) is 5.91 Å². The highest BCUT2D eigenvalue weighted by Gasteiger charge is 2.24. The first kappa shape index (κ1) is 20.9. The number of hydrogen-bond donors (Lipinski definition) is 4. The van der Waals surface area contributed by atoms with Crippen LogP contribution in [-0.4, -0.2) is 35.5 Å². The third-order valence-electron chi connectivity index (χ3n) is 4.16. The Balaban J connectivity index is 0.00000312. The maximum atomic E-state index is 12.3. The number of carbonyl (C=O) groups excluding carboxylic acids is 2. The van der Waals surface area contributed by atoms with E-state index in [0.29, 0.717) is 11.3 Å². The normalized spacial score (nSPS) is 19.4. The summed E-state index contributed by atoms with van der Waals surface area (Å²) in [5, 5.41) is 13.9. The Morgan fingerprint density at radius 2 is 1.84 bits per heavy atom. The second-order valence-electron chi connectivity index (χ2n) is 6.08. The van der Waals surface area contributed by atoms with Crippen LogP contribution in [0.5, 0.6) is 0 Å². The molecule has 7 nitrogen and oxygen atoms in total. The van der Waals surface area contributed by atoms with Gasteiger partial charge in [0.25, 0.3) is 5.91 Å². The first-order valence-corrected chi connectivity index (χ1v) is 8.12. The molecule has 1 aromatic rings. The molecule has 1 aliphatic rings. The van der Waals surface area contributed by atoms with E-state index in [1.807, 2.05) is 0 Å². The van der Waals surface area contributed by atoms with Crippen molar-refractivity contribution in [2.75, 3.05) is 11.9 Å². The molecule has 1 fully saturated rings. The number of nitrogens with one attached hydrogen (secondary N) is 2. The number of amides is 2. The molecule has 0 radical (unpaired) electrons. The molecular weight excluding hydrogens is 346 g/mol. The number of hydrogen-bond acceptors (Lipinski definition) is 4. The molecule has 0 bridgehead atoms. The number of rotatable bonds is 6. The van der Waals surface area contributed by atoms with Crippen molar-refractivity contribution >= 4 is 35.9 Å². The Labute approximate surface area is 152 Å². The molecule has 2 amide bonds. The van der Waals surface area contributed by atoms with Gasteiger partial charge in [-0.1, -0.05) is 6.07 Å². The van der Waals surface area contributed by atoms with E-state index in [1.165, 1.54) is 0 Å². The van der Waals surface area contributed by atoms with Gasteiger partial charge in [-0.05, 0) is 43.9 Å². The van der Waals surface area contributed by atoms with Crippen molar-refractivity contribution in [2.24, 2.45) is 11.7 Å². The zero-order valence-corrected chi connectivity index (χ0v) is 14.7. The summed E-state index contributed by atoms with van der Waals surface area (Å²) in [6.45, 7) is 0.0626. The van der Waals surface area contributed by atoms with E-state index < -0.39 is 5.97 Å². The van der Waals surface area contributed by atoms with Crippen molar-refractivity contribution in [1.82, 2.24) is 5.32 Å². The van der Waals surface area contributed by atoms with E-state index >= 15 is 0 Å². The molecule has 0 aliphatic heterocycles. The summed E-state index contributed by atoms with van der Waals surface area (Å²) in [6.07, 6.45) is 3.13. The van der Waals surface area contributed by atoms with Crippen molar-refractivity contribution in [1.29, 1.82) is 0 Å². The van der Waals surface area contributed by atoms with Crippen LogP contribution in [0.2, 0.25) is 0 Å². The minimum Gasteiger partial charge on any atom is -0.481 e. The monoisotopic (exact) mass is 369 g/mol. The smallest absolute Gasteiger partial charge is 0.305 e. The van der Waals surface area contributed by atoms with Crippen molar-refractivity contribution in [3.05, 3.63) is 29.8 Å². The Bertz CT molecular complexity index is 616. The van der Waals surface area contributed by atoms with Crippen LogP contribution in [0.25, 0.3) is 0 Å². The number of carbonyl (C=O) groups is 3. The summed E-state index contributed by atoms with van der Waals surface area (Å²) < 4.78 is 0. The lowest BCUT2D eigenvalue weighted by atomic mass is 9.86. The minimum absolute atomic E-state index is 0. The fraction of sp³-hybridized carbons (Fsp3) is 0.471. The Kier molecular flexibility index (Phi) is 8.37. The highest BCUT2D eigenvalue weighted by molar-refractivity contribution is 5.97. The van der Waals surface area contributed by atoms with Gasteiger partial charge in [0.05, 0.1) is 6.42 Å². The van der Waals surface area contributed by atoms with Gasteiger partial charge in [0.15, 0.2) is 0 Å². The molecule has 8 heteroatoms. The van der Waals surface area contributed by atoms with Crippen molar-refractivity contribution in [3.63, 3.8) is 0 Å². The van der Waals surface area contributed by atoms with Crippen LogP contribution in [0.1, 0.15) is 42.5 Å². The Morgan fingerprint density at radius 1 is 1.16 bits per heavy atom. The van der Waals surface area contributed by atoms with Crippen LogP contribution in [-0.2, 0) is 9.59 Å². The fourth-order valence-corrected chi connectivity index (χ4v) is 2.75. The molecule has 0 spiro atoms. The van der Waals surface area contributed by atoms with Crippen LogP contribution < -0.4 is 16.4 Å². The molecule has 0 unspecified atom stereocenters. The molecular formula is C17H24ClN3O4. The molecule has 0 heterocycles. The second kappa shape index (κ2) is 10.0. The minimum atomic E-state index is -0.969. The summed E-state index contributed by atoms with van der Waals surface area (Å²) in [4.78, 5) is 34.7. The van der Waals surface area contributed by atoms with Gasteiger partial charge in [0, 0.05) is 29.8 Å². The second-order valence-corrected chi connectivity index (χ2v) is 6.08. The molecule has 25 heavy (non-hydrogen) atoms. The Hall–Kier alpha value is -2.12. The fourth-order valence-electron chi connectivity index (χ4n) is 2.75. The molecule has 5 N–H and O–H groups in total. The lowest BCUT2D eigenvalue weighted by molar-refractivity contribution is -0.136. The van der Waals surface area contributed by atoms with Crippen LogP contribution in [0.3, 0.4) is 0 Å². The maximum Gasteiger partial charge on any atom is 0.305 e. The van der Waals surface area contributed by atoms with Crippen LogP contribution in [0, 0.1) is 5.92 Å². The highest BCUT2D eigenvalue weighted by Crippen LogP contribution is 2.24. The zero-order valence-electron chi connectivity index (χ0n) is 13.9. The molecule has 138 valence electrons. The number of aliphatic carboxylic acids is 1. The van der Waals surface area contributed by atoms with E-state index in [2.05, 4.69) is 10.6 Å². The van der Waals surface area contributed by atoms with Crippen molar-refractivity contribution in [3.8, 4) is 0 Å². The molecule has 2 rings (SSSR count). The summed E-state index contributed by atoms with van der Waals surface area (Å²) in [7, 11) is 0. The summed E-state index contributed by atoms with van der Waals surface area (Å²) >= 11 is 0. The van der Waals surface area contributed by atoms with Crippen LogP contribution in [0.15, 0.2) is 24.3 Å². The number of anilines is 1. The van der Waals surface area contributed by atoms with Crippen LogP contribution in [0.4, 0.5) is 5.69 Å². The largest absolute Gasteiger partial charge is 0.481 e. The number of benzene rings is 1. The number of nitrogens with two attached hydrogens (primary N) is 1. The topological polar surface area (TPSA) is 122 Å². The standard InChI is InChI=1S/C17H23N3O4.ClH/c18-13-6-4-11(5-7-13)17(24)20-14-3-1-2-12(10-14)16(23)19-9-8-15(21)22;/h1-3,10-11,13H,4-9,18H2,(H,19,23)(H,20,24)(H,21,22);1H/t11-,13-;. The maximum absolute atomic E-state index is 12.3. The SMILES string of the molecule is Cl.N[C@H]1CC[C@H](C(=O)Nc2cccc(C(=O)NCCC(=O)O)c2)CC1. The quantitative estimate of drug-likeness (QED) is 0.608. The number of carboxylic acids is 1. The van der Waals surface area contributed by atoms with Gasteiger partial charge in [-0.2, -0.15) is 0 Å². The molecule has 1 saturated carbocycles. The van der Waals surface area contributed by atoms with Gasteiger partial charge in [-0.15, -0.1) is 12.4 Å². The summed E-state index contributed by atoms with van der Waals surface area (Å²) in [5.74, 6) is -1.43. The van der Waals surface area contributed by atoms with Crippen molar-refractivity contribution < 1.29 is 19.5 Å².